The Kier molecular flexibility index (Phi) is 3.43. The largest absolute Gasteiger partial charge is 0.480 e. The van der Waals surface area contributed by atoms with E-state index in [9.17, 15) is 9.18 Å². The number of carboxylic acids is 1. The van der Waals surface area contributed by atoms with Gasteiger partial charge < -0.3 is 15.4 Å². The van der Waals surface area contributed by atoms with E-state index in [1.807, 2.05) is 0 Å². The Labute approximate surface area is 103 Å². The van der Waals surface area contributed by atoms with Gasteiger partial charge in [-0.3, -0.25) is 4.79 Å². The van der Waals surface area contributed by atoms with E-state index in [0.717, 1.165) is 5.69 Å². The summed E-state index contributed by atoms with van der Waals surface area (Å²) < 4.78 is 14.9. The Morgan fingerprint density at radius 2 is 2.17 bits per heavy atom. The summed E-state index contributed by atoms with van der Waals surface area (Å²) >= 11 is 0. The van der Waals surface area contributed by atoms with Crippen molar-refractivity contribution < 1.29 is 14.3 Å². The zero-order valence-corrected chi connectivity index (χ0v) is 9.58. The maximum absolute atomic E-state index is 13.1. The summed E-state index contributed by atoms with van der Waals surface area (Å²) in [5.41, 5.74) is 6.88. The van der Waals surface area contributed by atoms with Crippen LogP contribution in [0.4, 0.5) is 4.39 Å². The van der Waals surface area contributed by atoms with E-state index in [-0.39, 0.29) is 12.2 Å². The van der Waals surface area contributed by atoms with Crippen LogP contribution >= 0.6 is 0 Å². The van der Waals surface area contributed by atoms with Gasteiger partial charge in [-0.05, 0) is 30.3 Å². The number of halogens is 1. The van der Waals surface area contributed by atoms with Gasteiger partial charge in [0.05, 0.1) is 0 Å². The zero-order chi connectivity index (χ0) is 13.1. The van der Waals surface area contributed by atoms with Crippen LogP contribution in [0.25, 0.3) is 5.69 Å². The maximum atomic E-state index is 13.1. The zero-order valence-electron chi connectivity index (χ0n) is 9.58. The van der Waals surface area contributed by atoms with Crippen LogP contribution in [0.1, 0.15) is 5.69 Å². The van der Waals surface area contributed by atoms with E-state index in [1.165, 1.54) is 12.1 Å². The smallest absolute Gasteiger partial charge is 0.320 e. The lowest BCUT2D eigenvalue weighted by atomic mass is 10.1. The van der Waals surface area contributed by atoms with Crippen molar-refractivity contribution in [3.05, 3.63) is 54.1 Å². The first-order valence-electron chi connectivity index (χ1n) is 5.48. The lowest BCUT2D eigenvalue weighted by molar-refractivity contribution is -0.138. The summed E-state index contributed by atoms with van der Waals surface area (Å²) in [5, 5.41) is 8.79. The third kappa shape index (κ3) is 2.57. The highest BCUT2D eigenvalue weighted by atomic mass is 19.1. The molecule has 2 aromatic rings. The van der Waals surface area contributed by atoms with Gasteiger partial charge in [-0.2, -0.15) is 0 Å². The number of rotatable bonds is 4. The van der Waals surface area contributed by atoms with Crippen molar-refractivity contribution in [1.29, 1.82) is 0 Å². The van der Waals surface area contributed by atoms with Crippen molar-refractivity contribution in [2.24, 2.45) is 5.73 Å². The summed E-state index contributed by atoms with van der Waals surface area (Å²) in [4.78, 5) is 10.7. The molecule has 0 fully saturated rings. The van der Waals surface area contributed by atoms with Crippen LogP contribution in [0, 0.1) is 5.82 Å². The van der Waals surface area contributed by atoms with Crippen LogP contribution < -0.4 is 5.73 Å². The predicted molar refractivity (Wildman–Crippen MR) is 65.0 cm³/mol. The fourth-order valence-electron chi connectivity index (χ4n) is 1.77. The molecule has 0 amide bonds. The minimum absolute atomic E-state index is 0.193. The molecule has 1 aromatic carbocycles. The van der Waals surface area contributed by atoms with Gasteiger partial charge in [-0.1, -0.05) is 6.07 Å². The van der Waals surface area contributed by atoms with E-state index >= 15 is 0 Å². The predicted octanol–water partition coefficient (Wildman–Crippen LogP) is 1.57. The molecule has 0 bridgehead atoms. The highest BCUT2D eigenvalue weighted by Gasteiger charge is 2.14. The molecule has 1 heterocycles. The quantitative estimate of drug-likeness (QED) is 0.863. The molecular weight excluding hydrogens is 235 g/mol. The molecule has 4 nitrogen and oxygen atoms in total. The molecule has 1 unspecified atom stereocenters. The van der Waals surface area contributed by atoms with Crippen molar-refractivity contribution >= 4 is 5.97 Å². The third-order valence-corrected chi connectivity index (χ3v) is 2.67. The van der Waals surface area contributed by atoms with E-state index in [4.69, 9.17) is 10.8 Å². The number of nitrogens with zero attached hydrogens (tertiary/aromatic N) is 1. The molecule has 18 heavy (non-hydrogen) atoms. The molecule has 3 N–H and O–H groups in total. The van der Waals surface area contributed by atoms with E-state index in [2.05, 4.69) is 0 Å². The van der Waals surface area contributed by atoms with Crippen molar-refractivity contribution in [2.75, 3.05) is 0 Å². The lowest BCUT2D eigenvalue weighted by Crippen LogP contribution is -2.32. The summed E-state index contributed by atoms with van der Waals surface area (Å²) in [6, 6.07) is 8.67. The first-order chi connectivity index (χ1) is 8.58. The van der Waals surface area contributed by atoms with Crippen molar-refractivity contribution in [3.8, 4) is 5.69 Å². The number of aliphatic carboxylic acids is 1. The SMILES string of the molecule is NC(Cc1cccn1-c1cccc(F)c1)C(=O)O. The van der Waals surface area contributed by atoms with Crippen LogP contribution in [0.3, 0.4) is 0 Å². The molecule has 1 atom stereocenters. The van der Waals surface area contributed by atoms with E-state index in [1.54, 1.807) is 35.0 Å². The lowest BCUT2D eigenvalue weighted by Gasteiger charge is -2.11. The summed E-state index contributed by atoms with van der Waals surface area (Å²) in [7, 11) is 0. The van der Waals surface area contributed by atoms with Crippen LogP contribution in [0.15, 0.2) is 42.6 Å². The molecule has 1 aromatic heterocycles. The Hall–Kier alpha value is -2.14. The second kappa shape index (κ2) is 5.01. The number of nitrogens with two attached hydrogens (primary N) is 1. The van der Waals surface area contributed by atoms with Crippen molar-refractivity contribution in [3.63, 3.8) is 0 Å². The van der Waals surface area contributed by atoms with Crippen molar-refractivity contribution in [1.82, 2.24) is 4.57 Å². The highest BCUT2D eigenvalue weighted by Crippen LogP contribution is 2.15. The van der Waals surface area contributed by atoms with Gasteiger partial charge in [0.1, 0.15) is 11.9 Å². The summed E-state index contributed by atoms with van der Waals surface area (Å²) in [6.45, 7) is 0. The number of hydrogen-bond donors (Lipinski definition) is 2. The van der Waals surface area contributed by atoms with Gasteiger partial charge in [-0.25, -0.2) is 4.39 Å². The third-order valence-electron chi connectivity index (χ3n) is 2.67. The van der Waals surface area contributed by atoms with Crippen LogP contribution in [0.2, 0.25) is 0 Å². The van der Waals surface area contributed by atoms with Crippen LogP contribution in [-0.4, -0.2) is 21.7 Å². The number of hydrogen-bond acceptors (Lipinski definition) is 2. The number of benzene rings is 1. The van der Waals surface area contributed by atoms with Crippen LogP contribution in [-0.2, 0) is 11.2 Å². The average Bonchev–Trinajstić information content (AvgIpc) is 2.77. The second-order valence-corrected chi connectivity index (χ2v) is 4.00. The molecular formula is C13H13FN2O2. The topological polar surface area (TPSA) is 68.2 Å². The Bertz CT molecular complexity index is 566. The molecule has 0 aliphatic carbocycles. The molecule has 0 saturated carbocycles. The summed E-state index contributed by atoms with van der Waals surface area (Å²) in [5.74, 6) is -1.39. The maximum Gasteiger partial charge on any atom is 0.320 e. The minimum Gasteiger partial charge on any atom is -0.480 e. The molecule has 0 saturated heterocycles. The van der Waals surface area contributed by atoms with Gasteiger partial charge >= 0.3 is 5.97 Å². The Morgan fingerprint density at radius 1 is 1.39 bits per heavy atom. The number of carboxylic acid groups (broad SMARTS) is 1. The summed E-state index contributed by atoms with van der Waals surface area (Å²) in [6.07, 6.45) is 1.94. The normalized spacial score (nSPS) is 12.3. The fourth-order valence-corrected chi connectivity index (χ4v) is 1.77. The molecule has 5 heteroatoms. The molecule has 2 rings (SSSR count). The Morgan fingerprint density at radius 3 is 2.83 bits per heavy atom. The first kappa shape index (κ1) is 12.3. The monoisotopic (exact) mass is 248 g/mol. The highest BCUT2D eigenvalue weighted by molar-refractivity contribution is 5.73. The van der Waals surface area contributed by atoms with Gasteiger partial charge in [0.15, 0.2) is 0 Å². The molecule has 0 radical (unpaired) electrons. The average molecular weight is 248 g/mol. The Balaban J connectivity index is 2.30. The van der Waals surface area contributed by atoms with E-state index in [0.29, 0.717) is 5.69 Å². The van der Waals surface area contributed by atoms with Gasteiger partial charge in [0.2, 0.25) is 0 Å². The fraction of sp³-hybridized carbons (Fsp3) is 0.154. The molecule has 94 valence electrons. The number of carbonyl (C=O) groups is 1. The van der Waals surface area contributed by atoms with Gasteiger partial charge in [0.25, 0.3) is 0 Å². The van der Waals surface area contributed by atoms with Gasteiger partial charge in [0, 0.05) is 24.0 Å². The molecule has 0 aliphatic heterocycles. The van der Waals surface area contributed by atoms with Crippen LogP contribution in [0.5, 0.6) is 0 Å². The molecule has 0 aliphatic rings. The van der Waals surface area contributed by atoms with Gasteiger partial charge in [-0.15, -0.1) is 0 Å². The number of aromatic nitrogens is 1. The van der Waals surface area contributed by atoms with Crippen molar-refractivity contribution in [2.45, 2.75) is 12.5 Å². The minimum atomic E-state index is -1.05. The first-order valence-corrected chi connectivity index (χ1v) is 5.48. The molecule has 0 spiro atoms. The van der Waals surface area contributed by atoms with E-state index < -0.39 is 12.0 Å². The standard InChI is InChI=1S/C13H13FN2O2/c14-9-3-1-4-10(7-9)16-6-2-5-11(16)8-12(15)13(17)18/h1-7,12H,8,15H2,(H,17,18). The second-order valence-electron chi connectivity index (χ2n) is 4.00.